The fourth-order valence-electron chi connectivity index (χ4n) is 3.98. The van der Waals surface area contributed by atoms with E-state index in [9.17, 15) is 4.79 Å². The fraction of sp³-hybridized carbons (Fsp3) is 0.381. The summed E-state index contributed by atoms with van der Waals surface area (Å²) in [7, 11) is 3.79. The minimum absolute atomic E-state index is 0.0782. The minimum atomic E-state index is 0.0782. The van der Waals surface area contributed by atoms with Crippen molar-refractivity contribution in [3.63, 3.8) is 0 Å². The molecule has 7 heteroatoms. The highest BCUT2D eigenvalue weighted by Gasteiger charge is 2.38. The lowest BCUT2D eigenvalue weighted by Gasteiger charge is -2.24. The highest BCUT2D eigenvalue weighted by molar-refractivity contribution is 5.79. The summed E-state index contributed by atoms with van der Waals surface area (Å²) in [6.07, 6.45) is 8.40. The molecule has 3 aromatic rings. The van der Waals surface area contributed by atoms with Gasteiger partial charge in [0.25, 0.3) is 0 Å². The van der Waals surface area contributed by atoms with Crippen LogP contribution in [0.1, 0.15) is 29.2 Å². The van der Waals surface area contributed by atoms with Gasteiger partial charge in [-0.1, -0.05) is 30.3 Å². The summed E-state index contributed by atoms with van der Waals surface area (Å²) in [6, 6.07) is 10.4. The highest BCUT2D eigenvalue weighted by Crippen LogP contribution is 2.36. The maximum absolute atomic E-state index is 12.2. The molecule has 0 unspecified atom stereocenters. The number of carbonyl (C=O) groups excluding carboxylic acids is 1. The second kappa shape index (κ2) is 7.98. The monoisotopic (exact) mass is 378 g/mol. The van der Waals surface area contributed by atoms with Crippen LogP contribution in [0.2, 0.25) is 0 Å². The maximum Gasteiger partial charge on any atom is 0.223 e. The third kappa shape index (κ3) is 3.99. The lowest BCUT2D eigenvalue weighted by Crippen LogP contribution is -2.28. The molecule has 7 nitrogen and oxygen atoms in total. The van der Waals surface area contributed by atoms with E-state index in [0.717, 1.165) is 30.8 Å². The van der Waals surface area contributed by atoms with Gasteiger partial charge >= 0.3 is 0 Å². The van der Waals surface area contributed by atoms with Crippen LogP contribution in [0.25, 0.3) is 0 Å². The molecule has 0 saturated carbocycles. The third-order valence-electron chi connectivity index (χ3n) is 5.37. The molecule has 0 spiro atoms. The lowest BCUT2D eigenvalue weighted by atomic mass is 9.95. The molecule has 1 amide bonds. The lowest BCUT2D eigenvalue weighted by molar-refractivity contribution is -0.127. The van der Waals surface area contributed by atoms with Crippen LogP contribution in [0.5, 0.6) is 0 Å². The molecule has 28 heavy (non-hydrogen) atoms. The van der Waals surface area contributed by atoms with E-state index >= 15 is 0 Å². The van der Waals surface area contributed by atoms with Gasteiger partial charge in [-0.2, -0.15) is 10.2 Å². The van der Waals surface area contributed by atoms with E-state index in [0.29, 0.717) is 6.42 Å². The van der Waals surface area contributed by atoms with Crippen LogP contribution in [0.15, 0.2) is 55.1 Å². The number of benzene rings is 1. The molecule has 146 valence electrons. The van der Waals surface area contributed by atoms with E-state index in [1.807, 2.05) is 60.5 Å². The van der Waals surface area contributed by atoms with Crippen LogP contribution < -0.4 is 5.32 Å². The number of likely N-dealkylation sites (tertiary alicyclic amines) is 1. The number of rotatable bonds is 7. The minimum Gasteiger partial charge on any atom is -0.338 e. The molecular formula is C21H26N6O. The molecule has 2 aromatic heterocycles. The summed E-state index contributed by atoms with van der Waals surface area (Å²) in [5.41, 5.74) is 3.47. The first-order valence-corrected chi connectivity index (χ1v) is 9.60. The number of aromatic nitrogens is 4. The molecule has 1 aromatic carbocycles. The quantitative estimate of drug-likeness (QED) is 0.683. The fourth-order valence-corrected chi connectivity index (χ4v) is 3.98. The first-order chi connectivity index (χ1) is 13.6. The summed E-state index contributed by atoms with van der Waals surface area (Å²) in [5, 5.41) is 12.2. The van der Waals surface area contributed by atoms with Crippen molar-refractivity contribution in [3.05, 3.63) is 71.8 Å². The number of amides is 1. The maximum atomic E-state index is 12.2. The summed E-state index contributed by atoms with van der Waals surface area (Å²) >= 11 is 0. The van der Waals surface area contributed by atoms with Crippen LogP contribution in [-0.4, -0.2) is 44.0 Å². The molecule has 0 bridgehead atoms. The number of hydrogen-bond donors (Lipinski definition) is 1. The SMILES string of the molecule is CN1C(=O)C[C@@H](CNCc2cnn(Cc3ccccc3)c2)[C@@H]1c1cnn(C)c1. The number of nitrogens with one attached hydrogen (secondary N) is 1. The van der Waals surface area contributed by atoms with Crippen LogP contribution in [0, 0.1) is 5.92 Å². The molecule has 1 aliphatic rings. The highest BCUT2D eigenvalue weighted by atomic mass is 16.2. The molecule has 1 N–H and O–H groups in total. The van der Waals surface area contributed by atoms with Gasteiger partial charge in [0.1, 0.15) is 0 Å². The first-order valence-electron chi connectivity index (χ1n) is 9.60. The molecule has 1 aliphatic heterocycles. The number of aryl methyl sites for hydroxylation is 1. The molecular weight excluding hydrogens is 352 g/mol. The smallest absolute Gasteiger partial charge is 0.223 e. The zero-order valence-electron chi connectivity index (χ0n) is 16.3. The largest absolute Gasteiger partial charge is 0.338 e. The summed E-state index contributed by atoms with van der Waals surface area (Å²) < 4.78 is 3.75. The molecule has 4 rings (SSSR count). The average Bonchev–Trinajstić information content (AvgIpc) is 3.37. The van der Waals surface area contributed by atoms with Gasteiger partial charge in [0.15, 0.2) is 0 Å². The van der Waals surface area contributed by atoms with Gasteiger partial charge in [-0.3, -0.25) is 14.2 Å². The van der Waals surface area contributed by atoms with Crippen LogP contribution in [0.3, 0.4) is 0 Å². The number of carbonyl (C=O) groups is 1. The average molecular weight is 378 g/mol. The Labute approximate surface area is 165 Å². The Morgan fingerprint density at radius 3 is 2.64 bits per heavy atom. The summed E-state index contributed by atoms with van der Waals surface area (Å²) in [6.45, 7) is 2.29. The van der Waals surface area contributed by atoms with Crippen molar-refractivity contribution in [2.75, 3.05) is 13.6 Å². The Hall–Kier alpha value is -2.93. The normalized spacial score (nSPS) is 19.5. The van der Waals surface area contributed by atoms with Gasteiger partial charge in [-0.25, -0.2) is 0 Å². The van der Waals surface area contributed by atoms with Gasteiger partial charge in [0, 0.05) is 63.0 Å². The van der Waals surface area contributed by atoms with Crippen molar-refractivity contribution in [1.82, 2.24) is 29.8 Å². The van der Waals surface area contributed by atoms with E-state index in [4.69, 9.17) is 0 Å². The third-order valence-corrected chi connectivity index (χ3v) is 5.37. The Morgan fingerprint density at radius 1 is 1.07 bits per heavy atom. The number of nitrogens with zero attached hydrogens (tertiary/aromatic N) is 5. The van der Waals surface area contributed by atoms with Crippen LogP contribution in [0.4, 0.5) is 0 Å². The zero-order valence-corrected chi connectivity index (χ0v) is 16.3. The van der Waals surface area contributed by atoms with Crippen molar-refractivity contribution >= 4 is 5.91 Å². The summed E-state index contributed by atoms with van der Waals surface area (Å²) in [5.74, 6) is 0.428. The predicted octanol–water partition coefficient (Wildman–Crippen LogP) is 1.97. The van der Waals surface area contributed by atoms with Crippen molar-refractivity contribution in [1.29, 1.82) is 0 Å². The predicted molar refractivity (Wildman–Crippen MR) is 106 cm³/mol. The Morgan fingerprint density at radius 2 is 1.89 bits per heavy atom. The summed E-state index contributed by atoms with van der Waals surface area (Å²) in [4.78, 5) is 14.1. The van der Waals surface area contributed by atoms with Gasteiger partial charge in [-0.05, 0) is 5.56 Å². The van der Waals surface area contributed by atoms with Gasteiger partial charge < -0.3 is 10.2 Å². The van der Waals surface area contributed by atoms with Gasteiger partial charge in [-0.15, -0.1) is 0 Å². The van der Waals surface area contributed by atoms with E-state index in [1.54, 1.807) is 4.68 Å². The zero-order chi connectivity index (χ0) is 19.5. The van der Waals surface area contributed by atoms with E-state index in [2.05, 4.69) is 33.8 Å². The van der Waals surface area contributed by atoms with Gasteiger partial charge in [0.2, 0.25) is 5.91 Å². The van der Waals surface area contributed by atoms with Crippen LogP contribution >= 0.6 is 0 Å². The van der Waals surface area contributed by atoms with Crippen molar-refractivity contribution < 1.29 is 4.79 Å². The molecule has 2 atom stereocenters. The standard InChI is InChI=1S/C21H26N6O/c1-25-15-19(12-23-25)21-18(8-20(28)26(21)2)11-22-9-17-10-24-27(14-17)13-16-6-4-3-5-7-16/h3-7,10,12,14-15,18,21-22H,8-9,11,13H2,1-2H3/t18-,21+/m0/s1. The topological polar surface area (TPSA) is 68.0 Å². The van der Waals surface area contributed by atoms with E-state index in [-0.39, 0.29) is 17.9 Å². The molecule has 0 aliphatic carbocycles. The molecule has 1 saturated heterocycles. The van der Waals surface area contributed by atoms with Crippen molar-refractivity contribution in [2.24, 2.45) is 13.0 Å². The van der Waals surface area contributed by atoms with Crippen molar-refractivity contribution in [3.8, 4) is 0 Å². The Balaban J connectivity index is 1.33. The number of hydrogen-bond acceptors (Lipinski definition) is 4. The Bertz CT molecular complexity index is 931. The van der Waals surface area contributed by atoms with Crippen LogP contribution in [-0.2, 0) is 24.9 Å². The molecule has 3 heterocycles. The molecule has 0 radical (unpaired) electrons. The first kappa shape index (κ1) is 18.4. The second-order valence-corrected chi connectivity index (χ2v) is 7.52. The Kier molecular flexibility index (Phi) is 5.25. The van der Waals surface area contributed by atoms with E-state index < -0.39 is 0 Å². The van der Waals surface area contributed by atoms with Crippen molar-refractivity contribution in [2.45, 2.75) is 25.6 Å². The second-order valence-electron chi connectivity index (χ2n) is 7.52. The van der Waals surface area contributed by atoms with E-state index in [1.165, 1.54) is 5.56 Å². The molecule has 1 fully saturated rings. The van der Waals surface area contributed by atoms with Gasteiger partial charge in [0.05, 0.1) is 25.0 Å².